The smallest absolute Gasteiger partial charge is 0.245 e. The lowest BCUT2D eigenvalue weighted by Crippen LogP contribution is -1.72. The van der Waals surface area contributed by atoms with E-state index in [9.17, 15) is 13.2 Å². The van der Waals surface area contributed by atoms with Gasteiger partial charge in [0.1, 0.15) is 6.67 Å². The van der Waals surface area contributed by atoms with Crippen molar-refractivity contribution in [3.05, 3.63) is 9.66 Å². The summed E-state index contributed by atoms with van der Waals surface area (Å²) in [6.45, 7) is -1.07. The molecule has 42 valence electrons. The maximum Gasteiger partial charge on any atom is 0.282 e. The molecule has 0 aliphatic rings. The summed E-state index contributed by atoms with van der Waals surface area (Å²) < 4.78 is 32.7. The van der Waals surface area contributed by atoms with E-state index in [1.807, 2.05) is 0 Å². The summed E-state index contributed by atoms with van der Waals surface area (Å²) >= 11 is 1.25. The zero-order chi connectivity index (χ0) is 5.86. The average molecular weight is 222 g/mol. The lowest BCUT2D eigenvalue weighted by Gasteiger charge is -1.81. The van der Waals surface area contributed by atoms with Gasteiger partial charge in [0, 0.05) is 0 Å². The van der Waals surface area contributed by atoms with Crippen molar-refractivity contribution < 1.29 is 13.2 Å². The SMILES string of the molecule is FCC(I)=C(F)F. The summed E-state index contributed by atoms with van der Waals surface area (Å²) in [7, 11) is 0. The summed E-state index contributed by atoms with van der Waals surface area (Å²) in [5.74, 6) is 0. The van der Waals surface area contributed by atoms with Crippen LogP contribution in [0.4, 0.5) is 13.2 Å². The zero-order valence-electron chi connectivity index (χ0n) is 3.22. The molecule has 0 aliphatic carbocycles. The Bertz CT molecular complexity index is 84.2. The number of hydrogen-bond donors (Lipinski definition) is 0. The van der Waals surface area contributed by atoms with Crippen LogP contribution in [-0.4, -0.2) is 6.67 Å². The Morgan fingerprint density at radius 3 is 1.86 bits per heavy atom. The third-order valence-electron chi connectivity index (χ3n) is 0.322. The molecule has 0 heterocycles. The quantitative estimate of drug-likeness (QED) is 0.598. The van der Waals surface area contributed by atoms with Crippen molar-refractivity contribution in [3.8, 4) is 0 Å². The van der Waals surface area contributed by atoms with E-state index in [1.165, 1.54) is 22.6 Å². The highest BCUT2D eigenvalue weighted by Crippen LogP contribution is 2.14. The fraction of sp³-hybridized carbons (Fsp3) is 0.333. The van der Waals surface area contributed by atoms with Crippen molar-refractivity contribution in [3.63, 3.8) is 0 Å². The lowest BCUT2D eigenvalue weighted by molar-refractivity contribution is 0.408. The van der Waals surface area contributed by atoms with Crippen molar-refractivity contribution in [2.45, 2.75) is 0 Å². The van der Waals surface area contributed by atoms with Crippen molar-refractivity contribution in [1.29, 1.82) is 0 Å². The van der Waals surface area contributed by atoms with E-state index in [4.69, 9.17) is 0 Å². The molecule has 0 atom stereocenters. The molecule has 0 radical (unpaired) electrons. The third kappa shape index (κ3) is 2.90. The highest BCUT2D eigenvalue weighted by molar-refractivity contribution is 14.1. The summed E-state index contributed by atoms with van der Waals surface area (Å²) in [4.78, 5) is 0. The molecule has 0 aromatic rings. The van der Waals surface area contributed by atoms with Gasteiger partial charge < -0.3 is 0 Å². The first-order valence-electron chi connectivity index (χ1n) is 1.44. The Balaban J connectivity index is 3.72. The maximum atomic E-state index is 11.1. The molecule has 0 unspecified atom stereocenters. The van der Waals surface area contributed by atoms with Gasteiger partial charge in [0.05, 0.1) is 3.58 Å². The molecule has 0 bridgehead atoms. The molecule has 4 heteroatoms. The molecule has 0 saturated carbocycles. The molecular formula is C3H2F3I. The van der Waals surface area contributed by atoms with Crippen LogP contribution in [0.5, 0.6) is 0 Å². The third-order valence-corrected chi connectivity index (χ3v) is 1.02. The fourth-order valence-corrected chi connectivity index (χ4v) is 0.0505. The van der Waals surface area contributed by atoms with E-state index in [1.54, 1.807) is 0 Å². The van der Waals surface area contributed by atoms with Gasteiger partial charge in [-0.3, -0.25) is 0 Å². The standard InChI is InChI=1S/C3H2F3I/c4-1-2(7)3(5)6/h1H2. The van der Waals surface area contributed by atoms with E-state index in [-0.39, 0.29) is 0 Å². The van der Waals surface area contributed by atoms with Crippen LogP contribution in [0.15, 0.2) is 9.66 Å². The number of hydrogen-bond acceptors (Lipinski definition) is 0. The van der Waals surface area contributed by atoms with Crippen LogP contribution < -0.4 is 0 Å². The predicted molar refractivity (Wildman–Crippen MR) is 29.2 cm³/mol. The normalized spacial score (nSPS) is 8.57. The first-order valence-corrected chi connectivity index (χ1v) is 2.52. The number of alkyl halides is 1. The number of allylic oxidation sites excluding steroid dienone is 1. The zero-order valence-corrected chi connectivity index (χ0v) is 5.38. The number of rotatable bonds is 1. The van der Waals surface area contributed by atoms with Gasteiger partial charge in [0.15, 0.2) is 0 Å². The molecule has 7 heavy (non-hydrogen) atoms. The van der Waals surface area contributed by atoms with Gasteiger partial charge in [-0.25, -0.2) is 4.39 Å². The summed E-state index contributed by atoms with van der Waals surface area (Å²) in [6, 6.07) is 0. The summed E-state index contributed by atoms with van der Waals surface area (Å²) in [5.41, 5.74) is 0. The number of halogens is 4. The Morgan fingerprint density at radius 1 is 1.43 bits per heavy atom. The van der Waals surface area contributed by atoms with Crippen LogP contribution in [0.3, 0.4) is 0 Å². The van der Waals surface area contributed by atoms with Crippen LogP contribution in [0.2, 0.25) is 0 Å². The van der Waals surface area contributed by atoms with E-state index < -0.39 is 16.3 Å². The highest BCUT2D eigenvalue weighted by Gasteiger charge is 1.97. The van der Waals surface area contributed by atoms with Gasteiger partial charge in [-0.1, -0.05) is 0 Å². The van der Waals surface area contributed by atoms with Crippen molar-refractivity contribution in [2.75, 3.05) is 6.67 Å². The Hall–Kier alpha value is 0.260. The minimum atomic E-state index is -1.93. The molecule has 0 rings (SSSR count). The van der Waals surface area contributed by atoms with Crippen LogP contribution in [0.25, 0.3) is 0 Å². The minimum absolute atomic E-state index is 0.516. The predicted octanol–water partition coefficient (Wildman–Crippen LogP) is 2.50. The van der Waals surface area contributed by atoms with Gasteiger partial charge in [0.2, 0.25) is 0 Å². The molecule has 0 aromatic carbocycles. The molecule has 0 fully saturated rings. The maximum absolute atomic E-state index is 11.1. The molecule has 0 spiro atoms. The van der Waals surface area contributed by atoms with Gasteiger partial charge in [-0.2, -0.15) is 8.78 Å². The Morgan fingerprint density at radius 2 is 1.86 bits per heavy atom. The molecule has 0 aromatic heterocycles. The second kappa shape index (κ2) is 3.29. The Kier molecular flexibility index (Phi) is 3.41. The summed E-state index contributed by atoms with van der Waals surface area (Å²) in [5, 5.41) is 0. The van der Waals surface area contributed by atoms with Crippen molar-refractivity contribution in [1.82, 2.24) is 0 Å². The molecule has 0 amide bonds. The molecule has 0 nitrogen and oxygen atoms in total. The largest absolute Gasteiger partial charge is 0.282 e. The van der Waals surface area contributed by atoms with Gasteiger partial charge in [-0.15, -0.1) is 0 Å². The topological polar surface area (TPSA) is 0 Å². The van der Waals surface area contributed by atoms with E-state index >= 15 is 0 Å². The van der Waals surface area contributed by atoms with E-state index in [0.717, 1.165) is 0 Å². The van der Waals surface area contributed by atoms with Crippen LogP contribution in [-0.2, 0) is 0 Å². The fourth-order valence-electron chi connectivity index (χ4n) is 0.0505. The van der Waals surface area contributed by atoms with Crippen molar-refractivity contribution in [2.24, 2.45) is 0 Å². The molecule has 0 saturated heterocycles. The second-order valence-corrected chi connectivity index (χ2v) is 2.10. The first-order chi connectivity index (χ1) is 3.18. The first kappa shape index (κ1) is 7.26. The molecular weight excluding hydrogens is 220 g/mol. The lowest BCUT2D eigenvalue weighted by atomic mass is 10.7. The molecule has 0 N–H and O–H groups in total. The minimum Gasteiger partial charge on any atom is -0.245 e. The van der Waals surface area contributed by atoms with Gasteiger partial charge in [-0.05, 0) is 22.6 Å². The van der Waals surface area contributed by atoms with Crippen LogP contribution in [0, 0.1) is 0 Å². The second-order valence-electron chi connectivity index (χ2n) is 0.799. The van der Waals surface area contributed by atoms with Crippen LogP contribution >= 0.6 is 22.6 Å². The van der Waals surface area contributed by atoms with Gasteiger partial charge in [0.25, 0.3) is 6.08 Å². The Labute approximate surface area is 52.5 Å². The van der Waals surface area contributed by atoms with E-state index in [2.05, 4.69) is 0 Å². The van der Waals surface area contributed by atoms with Crippen LogP contribution in [0.1, 0.15) is 0 Å². The monoisotopic (exact) mass is 222 g/mol. The average Bonchev–Trinajstić information content (AvgIpc) is 1.65. The summed E-state index contributed by atoms with van der Waals surface area (Å²) in [6.07, 6.45) is -1.93. The van der Waals surface area contributed by atoms with Gasteiger partial charge >= 0.3 is 0 Å². The molecule has 0 aliphatic heterocycles. The van der Waals surface area contributed by atoms with Crippen molar-refractivity contribution >= 4 is 22.6 Å². The highest BCUT2D eigenvalue weighted by atomic mass is 127. The van der Waals surface area contributed by atoms with E-state index in [0.29, 0.717) is 0 Å².